The van der Waals surface area contributed by atoms with Crippen molar-refractivity contribution in [2.45, 2.75) is 58.0 Å². The van der Waals surface area contributed by atoms with Gasteiger partial charge in [-0.05, 0) is 49.3 Å². The van der Waals surface area contributed by atoms with E-state index in [2.05, 4.69) is 33.9 Å². The van der Waals surface area contributed by atoms with Gasteiger partial charge in [-0.1, -0.05) is 51.1 Å². The molecule has 0 saturated carbocycles. The highest BCUT2D eigenvalue weighted by atomic mass is 28.4. The van der Waals surface area contributed by atoms with Crippen LogP contribution >= 0.6 is 0 Å². The lowest BCUT2D eigenvalue weighted by Crippen LogP contribution is -2.69. The molecule has 0 radical (unpaired) electrons. The standard InChI is InChI=1S/C25H33NO4Si/c1-17(30-31(6,7)25(2,3)4)21-22(23(27)18-11-9-8-10-12-18)26(24(21)28)19-13-15-20(29-5)16-14-19/h8-17,21-22H,1-7H3/t17-,21-,22-/m1/s1. The van der Waals surface area contributed by atoms with E-state index < -0.39 is 20.3 Å². The molecule has 2 aromatic carbocycles. The summed E-state index contributed by atoms with van der Waals surface area (Å²) in [5, 5.41) is 0.0165. The minimum Gasteiger partial charge on any atom is -0.497 e. The first-order valence-corrected chi connectivity index (χ1v) is 13.6. The van der Waals surface area contributed by atoms with Crippen LogP contribution in [0.2, 0.25) is 18.1 Å². The van der Waals surface area contributed by atoms with Gasteiger partial charge in [-0.25, -0.2) is 0 Å². The number of ether oxygens (including phenoxy) is 1. The molecule has 0 aromatic heterocycles. The second-order valence-electron chi connectivity index (χ2n) is 9.69. The highest BCUT2D eigenvalue weighted by molar-refractivity contribution is 6.74. The summed E-state index contributed by atoms with van der Waals surface area (Å²) in [5.41, 5.74) is 1.29. The number of methoxy groups -OCH3 is 1. The van der Waals surface area contributed by atoms with Crippen LogP contribution in [0.4, 0.5) is 5.69 Å². The molecule has 5 nitrogen and oxygen atoms in total. The fraction of sp³-hybridized carbons (Fsp3) is 0.440. The summed E-state index contributed by atoms with van der Waals surface area (Å²) in [6.07, 6.45) is -0.347. The molecule has 166 valence electrons. The Kier molecular flexibility index (Phi) is 6.44. The van der Waals surface area contributed by atoms with Gasteiger partial charge in [0.05, 0.1) is 19.1 Å². The molecule has 6 heteroatoms. The molecule has 0 N–H and O–H groups in total. The van der Waals surface area contributed by atoms with Crippen molar-refractivity contribution in [1.82, 2.24) is 0 Å². The van der Waals surface area contributed by atoms with Gasteiger partial charge >= 0.3 is 0 Å². The smallest absolute Gasteiger partial charge is 0.235 e. The molecule has 0 unspecified atom stereocenters. The van der Waals surface area contributed by atoms with Gasteiger partial charge < -0.3 is 14.1 Å². The first-order valence-electron chi connectivity index (χ1n) is 10.7. The van der Waals surface area contributed by atoms with E-state index in [0.717, 1.165) is 0 Å². The summed E-state index contributed by atoms with van der Waals surface area (Å²) in [4.78, 5) is 28.4. The fourth-order valence-electron chi connectivity index (χ4n) is 3.77. The number of Topliss-reactive ketones (excluding diaryl/α,β-unsaturated/α-hetero) is 1. The number of ketones is 1. The number of hydrogen-bond donors (Lipinski definition) is 0. The summed E-state index contributed by atoms with van der Waals surface area (Å²) in [5.74, 6) is 0.0510. The number of carbonyl (C=O) groups excluding carboxylic acids is 2. The van der Waals surface area contributed by atoms with E-state index in [1.165, 1.54) is 0 Å². The molecule has 0 spiro atoms. The molecule has 2 aromatic rings. The van der Waals surface area contributed by atoms with Crippen molar-refractivity contribution < 1.29 is 18.8 Å². The predicted molar refractivity (Wildman–Crippen MR) is 126 cm³/mol. The molecule has 1 amide bonds. The van der Waals surface area contributed by atoms with E-state index in [0.29, 0.717) is 17.0 Å². The Labute approximate surface area is 186 Å². The van der Waals surface area contributed by atoms with Crippen molar-refractivity contribution >= 4 is 25.7 Å². The lowest BCUT2D eigenvalue weighted by molar-refractivity contribution is -0.133. The molecule has 0 aliphatic carbocycles. The van der Waals surface area contributed by atoms with Crippen LogP contribution in [-0.2, 0) is 9.22 Å². The van der Waals surface area contributed by atoms with Crippen molar-refractivity contribution in [3.63, 3.8) is 0 Å². The van der Waals surface area contributed by atoms with Crippen LogP contribution in [0.15, 0.2) is 54.6 Å². The average molecular weight is 440 g/mol. The monoisotopic (exact) mass is 439 g/mol. The van der Waals surface area contributed by atoms with E-state index in [4.69, 9.17) is 9.16 Å². The maximum atomic E-state index is 13.5. The fourth-order valence-corrected chi connectivity index (χ4v) is 5.20. The molecule has 0 bridgehead atoms. The van der Waals surface area contributed by atoms with Gasteiger partial charge in [0.15, 0.2) is 14.1 Å². The van der Waals surface area contributed by atoms with E-state index >= 15 is 0 Å². The summed E-state index contributed by atoms with van der Waals surface area (Å²) >= 11 is 0. The van der Waals surface area contributed by atoms with Crippen LogP contribution < -0.4 is 9.64 Å². The Morgan fingerprint density at radius 1 is 1.03 bits per heavy atom. The van der Waals surface area contributed by atoms with E-state index in [-0.39, 0.29) is 22.8 Å². The third-order valence-corrected chi connectivity index (χ3v) is 11.2. The molecule has 1 saturated heterocycles. The van der Waals surface area contributed by atoms with Crippen LogP contribution in [0, 0.1) is 5.92 Å². The van der Waals surface area contributed by atoms with Gasteiger partial charge in [-0.3, -0.25) is 9.59 Å². The van der Waals surface area contributed by atoms with Gasteiger partial charge in [0, 0.05) is 11.3 Å². The number of anilines is 1. The van der Waals surface area contributed by atoms with Gasteiger partial charge in [0.2, 0.25) is 5.91 Å². The Morgan fingerprint density at radius 2 is 1.61 bits per heavy atom. The summed E-state index contributed by atoms with van der Waals surface area (Å²) in [7, 11) is -0.500. The topological polar surface area (TPSA) is 55.8 Å². The number of rotatable bonds is 7. The zero-order valence-corrected chi connectivity index (χ0v) is 20.5. The van der Waals surface area contributed by atoms with Gasteiger partial charge in [-0.2, -0.15) is 0 Å². The molecular formula is C25H33NO4Si. The number of benzene rings is 2. The third-order valence-electron chi connectivity index (χ3n) is 6.61. The predicted octanol–water partition coefficient (Wildman–Crippen LogP) is 5.32. The number of amides is 1. The van der Waals surface area contributed by atoms with Crippen LogP contribution in [0.1, 0.15) is 38.1 Å². The van der Waals surface area contributed by atoms with Crippen molar-refractivity contribution in [2.75, 3.05) is 12.0 Å². The first-order chi connectivity index (χ1) is 14.5. The largest absolute Gasteiger partial charge is 0.497 e. The van der Waals surface area contributed by atoms with Crippen molar-refractivity contribution in [1.29, 1.82) is 0 Å². The summed E-state index contributed by atoms with van der Waals surface area (Å²) in [6.45, 7) is 12.8. The molecule has 1 fully saturated rings. The highest BCUT2D eigenvalue weighted by Gasteiger charge is 2.56. The third kappa shape index (κ3) is 4.46. The molecular weight excluding hydrogens is 406 g/mol. The molecule has 1 aliphatic rings. The van der Waals surface area contributed by atoms with Gasteiger partial charge in [0.25, 0.3) is 0 Å². The number of hydrogen-bond acceptors (Lipinski definition) is 4. The molecule has 3 atom stereocenters. The van der Waals surface area contributed by atoms with Crippen LogP contribution in [0.25, 0.3) is 0 Å². The van der Waals surface area contributed by atoms with E-state index in [9.17, 15) is 9.59 Å². The zero-order valence-electron chi connectivity index (χ0n) is 19.5. The van der Waals surface area contributed by atoms with Crippen LogP contribution in [-0.4, -0.2) is 39.3 Å². The Balaban J connectivity index is 1.94. The summed E-state index contributed by atoms with van der Waals surface area (Å²) in [6, 6.07) is 15.8. The van der Waals surface area contributed by atoms with E-state index in [1.54, 1.807) is 36.3 Å². The van der Waals surface area contributed by atoms with Crippen molar-refractivity contribution in [2.24, 2.45) is 5.92 Å². The molecule has 3 rings (SSSR count). The normalized spacial score (nSPS) is 20.2. The number of nitrogens with zero attached hydrogens (tertiary/aromatic N) is 1. The number of β-lactam (4-membered cyclic amide) rings is 1. The minimum absolute atomic E-state index is 0.0165. The maximum Gasteiger partial charge on any atom is 0.235 e. The first kappa shape index (κ1) is 23.2. The lowest BCUT2D eigenvalue weighted by Gasteiger charge is -2.50. The van der Waals surface area contributed by atoms with Gasteiger partial charge in [0.1, 0.15) is 11.8 Å². The second-order valence-corrected chi connectivity index (χ2v) is 14.4. The Bertz CT molecular complexity index is 934. The molecule has 1 heterocycles. The van der Waals surface area contributed by atoms with Gasteiger partial charge in [-0.15, -0.1) is 0 Å². The zero-order chi connectivity index (χ0) is 23.0. The maximum absolute atomic E-state index is 13.5. The lowest BCUT2D eigenvalue weighted by atomic mass is 9.78. The van der Waals surface area contributed by atoms with Crippen LogP contribution in [0.3, 0.4) is 0 Å². The van der Waals surface area contributed by atoms with Crippen molar-refractivity contribution in [3.05, 3.63) is 60.2 Å². The summed E-state index contributed by atoms with van der Waals surface area (Å²) < 4.78 is 11.8. The number of carbonyl (C=O) groups is 2. The Hall–Kier alpha value is -2.44. The highest BCUT2D eigenvalue weighted by Crippen LogP contribution is 2.42. The Morgan fingerprint density at radius 3 is 2.13 bits per heavy atom. The second kappa shape index (κ2) is 8.59. The molecule has 1 aliphatic heterocycles. The van der Waals surface area contributed by atoms with Crippen molar-refractivity contribution in [3.8, 4) is 5.75 Å². The quantitative estimate of drug-likeness (QED) is 0.333. The van der Waals surface area contributed by atoms with E-state index in [1.807, 2.05) is 37.3 Å². The average Bonchev–Trinajstić information content (AvgIpc) is 2.71. The molecule has 31 heavy (non-hydrogen) atoms. The minimum atomic E-state index is -2.10. The van der Waals surface area contributed by atoms with Crippen LogP contribution in [0.5, 0.6) is 5.75 Å². The SMILES string of the molecule is COc1ccc(N2C(=O)[C@H]([C@@H](C)O[Si](C)(C)C(C)(C)C)[C@@H]2C(=O)c2ccccc2)cc1.